The van der Waals surface area contributed by atoms with Gasteiger partial charge in [-0.05, 0) is 202 Å². The Morgan fingerprint density at radius 1 is 0.307 bits per heavy atom. The molecule has 1 nitrogen and oxygen atoms in total. The van der Waals surface area contributed by atoms with Crippen molar-refractivity contribution in [2.24, 2.45) is 0 Å². The lowest BCUT2D eigenvalue weighted by atomic mass is 9.81. The van der Waals surface area contributed by atoms with Gasteiger partial charge in [0.15, 0.2) is 16.6 Å². The zero-order valence-corrected chi connectivity index (χ0v) is 42.7. The van der Waals surface area contributed by atoms with Crippen LogP contribution in [-0.4, -0.2) is 16.6 Å². The van der Waals surface area contributed by atoms with Crippen LogP contribution in [0.25, 0.3) is 0 Å². The molecule has 0 aliphatic heterocycles. The number of benzene rings is 9. The maximum atomic E-state index is 17.6. The van der Waals surface area contributed by atoms with Gasteiger partial charge in [0.25, 0.3) is 0 Å². The van der Waals surface area contributed by atoms with Gasteiger partial charge in [0, 0.05) is 11.5 Å². The van der Waals surface area contributed by atoms with Gasteiger partial charge in [-0.15, -0.1) is 0 Å². The summed E-state index contributed by atoms with van der Waals surface area (Å²) in [5.41, 5.74) is 4.02. The average molecular weight is 1050 g/mol. The van der Waals surface area contributed by atoms with Gasteiger partial charge < -0.3 is 4.12 Å². The predicted molar refractivity (Wildman–Crippen MR) is 281 cm³/mol. The number of rotatable bonds is 20. The largest absolute Gasteiger partial charge is 0.453 e. The zero-order valence-electron chi connectivity index (χ0n) is 40.7. The fourth-order valence-corrected chi connectivity index (χ4v) is 24.3. The second-order valence-electron chi connectivity index (χ2n) is 19.6. The van der Waals surface area contributed by atoms with E-state index in [-0.39, 0.29) is 55.0 Å². The molecular formula is C63H51F9OSi2. The van der Waals surface area contributed by atoms with Crippen molar-refractivity contribution in [1.29, 1.82) is 0 Å². The molecule has 0 radical (unpaired) electrons. The first-order chi connectivity index (χ1) is 36.1. The molecule has 0 spiro atoms. The van der Waals surface area contributed by atoms with E-state index in [0.29, 0.717) is 50.1 Å². The number of hydrogen-bond acceptors (Lipinski definition) is 1. The molecule has 0 saturated carbocycles. The smallest absolute Gasteiger partial charge is 0.199 e. The van der Waals surface area contributed by atoms with Crippen LogP contribution in [-0.2, 0) is 58.6 Å². The van der Waals surface area contributed by atoms with Crippen molar-refractivity contribution in [1.82, 2.24) is 0 Å². The Labute approximate surface area is 433 Å². The van der Waals surface area contributed by atoms with Gasteiger partial charge in [0.2, 0.25) is 0 Å². The monoisotopic (exact) mass is 1050 g/mol. The highest BCUT2D eigenvalue weighted by Gasteiger charge is 2.60. The van der Waals surface area contributed by atoms with E-state index in [1.165, 1.54) is 127 Å². The van der Waals surface area contributed by atoms with Gasteiger partial charge in [-0.2, -0.15) is 0 Å². The van der Waals surface area contributed by atoms with Crippen LogP contribution in [0.15, 0.2) is 212 Å². The van der Waals surface area contributed by atoms with Crippen LogP contribution >= 0.6 is 0 Å². The first kappa shape index (κ1) is 52.6. The molecular weight excluding hydrogens is 1000 g/mol. The molecule has 0 unspecified atom stereocenters. The first-order valence-electron chi connectivity index (χ1n) is 24.6. The molecule has 0 atom stereocenters. The summed E-state index contributed by atoms with van der Waals surface area (Å²) < 4.78 is 152. The fraction of sp³-hybridized carbons (Fsp3) is 0.143. The SMILES string of the molecule is Fc1cccc(Cc2c(F)cccc2C(Cc2cccc(F)c2)(Cc2cccc(F)c2)[Si](Cc2cccc(F)c2)(Cc2cccc(F)c2)O[Si](Cc2cccc(F)c2)(Cc2cccc(F)c2)Cc2cccc(F)c2)c1. The summed E-state index contributed by atoms with van der Waals surface area (Å²) >= 11 is 0. The molecule has 12 heteroatoms. The van der Waals surface area contributed by atoms with Crippen LogP contribution in [0.5, 0.6) is 0 Å². The van der Waals surface area contributed by atoms with E-state index in [1.807, 2.05) is 0 Å². The van der Waals surface area contributed by atoms with E-state index < -0.39 is 74.0 Å². The molecule has 9 rings (SSSR count). The molecule has 0 amide bonds. The Morgan fingerprint density at radius 3 is 0.933 bits per heavy atom. The van der Waals surface area contributed by atoms with Crippen molar-refractivity contribution in [2.75, 3.05) is 0 Å². The molecule has 0 saturated heterocycles. The van der Waals surface area contributed by atoms with Gasteiger partial charge in [0.1, 0.15) is 52.4 Å². The Bertz CT molecular complexity index is 3230. The summed E-state index contributed by atoms with van der Waals surface area (Å²) in [6, 6.07) is 51.7. The van der Waals surface area contributed by atoms with Crippen LogP contribution < -0.4 is 0 Å². The quantitative estimate of drug-likeness (QED) is 0.0546. The minimum Gasteiger partial charge on any atom is -0.453 e. The van der Waals surface area contributed by atoms with Crippen molar-refractivity contribution in [3.63, 3.8) is 0 Å². The molecule has 0 bridgehead atoms. The summed E-state index contributed by atoms with van der Waals surface area (Å²) in [5.74, 6) is -5.28. The van der Waals surface area contributed by atoms with Gasteiger partial charge in [-0.1, -0.05) is 109 Å². The molecule has 0 aromatic heterocycles. The highest BCUT2D eigenvalue weighted by atomic mass is 28.4. The molecule has 380 valence electrons. The molecule has 0 fully saturated rings. The van der Waals surface area contributed by atoms with Gasteiger partial charge in [-0.3, -0.25) is 0 Å². The molecule has 0 heterocycles. The van der Waals surface area contributed by atoms with Crippen molar-refractivity contribution < 1.29 is 43.6 Å². The molecule has 9 aromatic carbocycles. The molecule has 9 aromatic rings. The highest BCUT2D eigenvalue weighted by molar-refractivity contribution is 6.87. The fourth-order valence-electron chi connectivity index (χ4n) is 11.1. The normalized spacial score (nSPS) is 12.0. The predicted octanol–water partition coefficient (Wildman–Crippen LogP) is 15.6. The third-order valence-electron chi connectivity index (χ3n) is 14.0. The van der Waals surface area contributed by atoms with Crippen molar-refractivity contribution in [3.8, 4) is 0 Å². The average Bonchev–Trinajstić information content (AvgIpc) is 3.35. The Balaban J connectivity index is 1.48. The Morgan fingerprint density at radius 2 is 0.587 bits per heavy atom. The summed E-state index contributed by atoms with van der Waals surface area (Å²) in [4.78, 5) is 0. The lowest BCUT2D eigenvalue weighted by Gasteiger charge is -2.55. The van der Waals surface area contributed by atoms with Crippen LogP contribution in [0.2, 0.25) is 0 Å². The lowest BCUT2D eigenvalue weighted by Crippen LogP contribution is -2.70. The van der Waals surface area contributed by atoms with Gasteiger partial charge >= 0.3 is 0 Å². The summed E-state index contributed by atoms with van der Waals surface area (Å²) in [5, 5.41) is -1.65. The minimum absolute atomic E-state index is 0.0220. The van der Waals surface area contributed by atoms with E-state index in [2.05, 4.69) is 0 Å². The van der Waals surface area contributed by atoms with Crippen LogP contribution in [0, 0.1) is 52.4 Å². The van der Waals surface area contributed by atoms with Crippen LogP contribution in [0.3, 0.4) is 0 Å². The van der Waals surface area contributed by atoms with Crippen molar-refractivity contribution >= 4 is 16.6 Å². The number of halogens is 9. The molecule has 0 N–H and O–H groups in total. The first-order valence-corrected chi connectivity index (χ1v) is 29.4. The van der Waals surface area contributed by atoms with E-state index in [4.69, 9.17) is 4.12 Å². The van der Waals surface area contributed by atoms with Crippen LogP contribution in [0.4, 0.5) is 39.5 Å². The molecule has 0 aliphatic carbocycles. The van der Waals surface area contributed by atoms with E-state index in [9.17, 15) is 0 Å². The van der Waals surface area contributed by atoms with Gasteiger partial charge in [-0.25, -0.2) is 39.5 Å². The molecule has 75 heavy (non-hydrogen) atoms. The van der Waals surface area contributed by atoms with Crippen molar-refractivity contribution in [2.45, 2.75) is 54.5 Å². The molecule has 0 aliphatic rings. The van der Waals surface area contributed by atoms with Gasteiger partial charge in [0.05, 0.1) is 0 Å². The minimum atomic E-state index is -4.60. The van der Waals surface area contributed by atoms with E-state index in [1.54, 1.807) is 84.9 Å². The Hall–Kier alpha value is -7.26. The summed E-state index contributed by atoms with van der Waals surface area (Å²) in [6.45, 7) is 0. The Kier molecular flexibility index (Phi) is 16.2. The maximum absolute atomic E-state index is 17.6. The van der Waals surface area contributed by atoms with Crippen LogP contribution in [0.1, 0.15) is 55.6 Å². The topological polar surface area (TPSA) is 9.23 Å². The summed E-state index contributed by atoms with van der Waals surface area (Å²) in [7, 11) is -8.69. The second kappa shape index (κ2) is 23.1. The summed E-state index contributed by atoms with van der Waals surface area (Å²) in [6.07, 6.45) is -0.444. The number of hydrogen-bond donors (Lipinski definition) is 0. The second-order valence-corrected chi connectivity index (χ2v) is 27.5. The van der Waals surface area contributed by atoms with Crippen molar-refractivity contribution in [3.05, 3.63) is 320 Å². The highest BCUT2D eigenvalue weighted by Crippen LogP contribution is 2.49. The third kappa shape index (κ3) is 13.0. The van der Waals surface area contributed by atoms with E-state index in [0.717, 1.165) is 0 Å². The standard InChI is InChI=1S/C63H51F9OSi2/c64-52-18-1-10-44(28-52)36-60-61(26-9-27-62(60)72)63(37-45-11-2-19-53(65)29-45,38-46-12-3-20-54(66)30-46)75(42-50-16-7-24-58(70)34-50,43-51-17-8-25-59(71)35-51)73-74(39-47-13-4-21-55(67)31-47,40-48-14-5-22-56(68)32-48)41-49-15-6-23-57(69)33-49/h1-35H,36-43H2. The lowest BCUT2D eigenvalue weighted by molar-refractivity contribution is 0.405. The third-order valence-corrected chi connectivity index (χ3v) is 24.8. The maximum Gasteiger partial charge on any atom is 0.199 e. The van der Waals surface area contributed by atoms with E-state index >= 15 is 39.5 Å². The zero-order chi connectivity index (χ0) is 52.6.